The van der Waals surface area contributed by atoms with Crippen LogP contribution in [0, 0.1) is 0 Å². The summed E-state index contributed by atoms with van der Waals surface area (Å²) in [4.78, 5) is 4.88. The summed E-state index contributed by atoms with van der Waals surface area (Å²) in [7, 11) is 0. The lowest BCUT2D eigenvalue weighted by atomic mass is 10.0. The minimum absolute atomic E-state index is 0.788. The average molecular weight is 360 g/mol. The lowest BCUT2D eigenvalue weighted by molar-refractivity contribution is 0.819. The van der Waals surface area contributed by atoms with Crippen LogP contribution in [0.15, 0.2) is 97.1 Å². The van der Waals surface area contributed by atoms with Crippen molar-refractivity contribution in [3.8, 4) is 0 Å². The van der Waals surface area contributed by atoms with Crippen LogP contribution in [0.25, 0.3) is 34.0 Å². The van der Waals surface area contributed by atoms with Crippen molar-refractivity contribution >= 4 is 34.0 Å². The van der Waals surface area contributed by atoms with Crippen molar-refractivity contribution in [2.24, 2.45) is 0 Å². The maximum atomic E-state index is 4.88. The molecular formula is C26H20N2. The van der Waals surface area contributed by atoms with E-state index in [1.807, 2.05) is 12.1 Å². The van der Waals surface area contributed by atoms with Gasteiger partial charge >= 0.3 is 0 Å². The molecule has 2 nitrogen and oxygen atoms in total. The maximum absolute atomic E-state index is 4.88. The molecule has 0 bridgehead atoms. The highest BCUT2D eigenvalue weighted by Crippen LogP contribution is 2.24. The van der Waals surface area contributed by atoms with E-state index in [2.05, 4.69) is 102 Å². The van der Waals surface area contributed by atoms with Gasteiger partial charge in [-0.15, -0.1) is 0 Å². The van der Waals surface area contributed by atoms with Gasteiger partial charge in [-0.05, 0) is 40.1 Å². The van der Waals surface area contributed by atoms with E-state index >= 15 is 0 Å². The first-order valence-electron chi connectivity index (χ1n) is 9.53. The predicted octanol–water partition coefficient (Wildman–Crippen LogP) is 6.41. The average Bonchev–Trinajstić information content (AvgIpc) is 3.11. The molecule has 1 heterocycles. The van der Waals surface area contributed by atoms with Gasteiger partial charge in [0.25, 0.3) is 0 Å². The molecular weight excluding hydrogens is 340 g/mol. The van der Waals surface area contributed by atoms with Crippen LogP contribution in [-0.2, 0) is 6.54 Å². The minimum atomic E-state index is 0.788. The van der Waals surface area contributed by atoms with Crippen LogP contribution in [0.2, 0.25) is 0 Å². The van der Waals surface area contributed by atoms with Gasteiger partial charge in [-0.25, -0.2) is 4.98 Å². The molecule has 0 spiro atoms. The van der Waals surface area contributed by atoms with Gasteiger partial charge in [0.1, 0.15) is 5.82 Å². The molecule has 0 N–H and O–H groups in total. The highest BCUT2D eigenvalue weighted by atomic mass is 15.1. The van der Waals surface area contributed by atoms with E-state index in [0.29, 0.717) is 0 Å². The van der Waals surface area contributed by atoms with Crippen molar-refractivity contribution < 1.29 is 0 Å². The summed E-state index contributed by atoms with van der Waals surface area (Å²) in [5, 5.41) is 2.56. The molecule has 0 amide bonds. The van der Waals surface area contributed by atoms with Gasteiger partial charge in [-0.3, -0.25) is 0 Å². The highest BCUT2D eigenvalue weighted by Gasteiger charge is 2.10. The third kappa shape index (κ3) is 3.10. The van der Waals surface area contributed by atoms with Gasteiger partial charge in [0.15, 0.2) is 0 Å². The fraction of sp³-hybridized carbons (Fsp3) is 0.0385. The normalized spacial score (nSPS) is 11.6. The molecule has 1 aromatic heterocycles. The minimum Gasteiger partial charge on any atom is -0.320 e. The zero-order valence-electron chi connectivity index (χ0n) is 15.5. The Morgan fingerprint density at radius 3 is 2.36 bits per heavy atom. The second-order valence-electron chi connectivity index (χ2n) is 6.93. The Hall–Kier alpha value is -3.65. The van der Waals surface area contributed by atoms with Crippen molar-refractivity contribution in [2.75, 3.05) is 0 Å². The molecule has 0 atom stereocenters. The van der Waals surface area contributed by atoms with Gasteiger partial charge in [0, 0.05) is 0 Å². The zero-order chi connectivity index (χ0) is 18.8. The van der Waals surface area contributed by atoms with Crippen LogP contribution < -0.4 is 0 Å². The van der Waals surface area contributed by atoms with E-state index < -0.39 is 0 Å². The van der Waals surface area contributed by atoms with Crippen molar-refractivity contribution in [3.63, 3.8) is 0 Å². The molecule has 0 aliphatic rings. The quantitative estimate of drug-likeness (QED) is 0.362. The van der Waals surface area contributed by atoms with Crippen LogP contribution in [-0.4, -0.2) is 9.55 Å². The third-order valence-corrected chi connectivity index (χ3v) is 5.12. The largest absolute Gasteiger partial charge is 0.320 e. The van der Waals surface area contributed by atoms with Crippen LogP contribution >= 0.6 is 0 Å². The number of para-hydroxylation sites is 2. The third-order valence-electron chi connectivity index (χ3n) is 5.12. The molecule has 0 radical (unpaired) electrons. The number of aromatic nitrogens is 2. The maximum Gasteiger partial charge on any atom is 0.134 e. The zero-order valence-corrected chi connectivity index (χ0v) is 15.5. The number of fused-ring (bicyclic) bond motifs is 2. The predicted molar refractivity (Wildman–Crippen MR) is 118 cm³/mol. The molecule has 134 valence electrons. The summed E-state index contributed by atoms with van der Waals surface area (Å²) in [5.41, 5.74) is 4.65. The second-order valence-corrected chi connectivity index (χ2v) is 6.93. The molecule has 2 heteroatoms. The van der Waals surface area contributed by atoms with Gasteiger partial charge in [0.2, 0.25) is 0 Å². The SMILES string of the molecule is C(=C\c1nc2ccccc2n1Cc1cccc2ccccc12)/c1ccccc1. The molecule has 0 fully saturated rings. The van der Waals surface area contributed by atoms with Gasteiger partial charge in [-0.2, -0.15) is 0 Å². The topological polar surface area (TPSA) is 17.8 Å². The second kappa shape index (κ2) is 7.16. The van der Waals surface area contributed by atoms with Crippen molar-refractivity contribution in [2.45, 2.75) is 6.54 Å². The monoisotopic (exact) mass is 360 g/mol. The summed E-state index contributed by atoms with van der Waals surface area (Å²) >= 11 is 0. The fourth-order valence-electron chi connectivity index (χ4n) is 3.72. The van der Waals surface area contributed by atoms with Gasteiger partial charge < -0.3 is 4.57 Å². The number of hydrogen-bond acceptors (Lipinski definition) is 1. The van der Waals surface area contributed by atoms with Crippen LogP contribution in [0.3, 0.4) is 0 Å². The Balaban J connectivity index is 1.62. The van der Waals surface area contributed by atoms with Crippen molar-refractivity contribution in [1.29, 1.82) is 0 Å². The summed E-state index contributed by atoms with van der Waals surface area (Å²) < 4.78 is 2.30. The Kier molecular flexibility index (Phi) is 4.23. The van der Waals surface area contributed by atoms with Gasteiger partial charge in [-0.1, -0.05) is 91.0 Å². The Bertz CT molecular complexity index is 1270. The number of rotatable bonds is 4. The molecule has 28 heavy (non-hydrogen) atoms. The van der Waals surface area contributed by atoms with Crippen LogP contribution in [0.5, 0.6) is 0 Å². The first-order chi connectivity index (χ1) is 13.9. The van der Waals surface area contributed by atoms with Crippen molar-refractivity contribution in [3.05, 3.63) is 114 Å². The Labute approximate surface area is 164 Å². The smallest absolute Gasteiger partial charge is 0.134 e. The summed E-state index contributed by atoms with van der Waals surface area (Å²) in [5.74, 6) is 0.970. The first kappa shape index (κ1) is 16.5. The number of nitrogens with zero attached hydrogens (tertiary/aromatic N) is 2. The summed E-state index contributed by atoms with van der Waals surface area (Å²) in [6.07, 6.45) is 4.24. The molecule has 5 aromatic rings. The summed E-state index contributed by atoms with van der Waals surface area (Å²) in [6.45, 7) is 0.788. The first-order valence-corrected chi connectivity index (χ1v) is 9.53. The van der Waals surface area contributed by atoms with Gasteiger partial charge in [0.05, 0.1) is 17.6 Å². The van der Waals surface area contributed by atoms with Crippen molar-refractivity contribution in [1.82, 2.24) is 9.55 Å². The molecule has 0 unspecified atom stereocenters. The molecule has 0 aliphatic heterocycles. The molecule has 0 aliphatic carbocycles. The lowest BCUT2D eigenvalue weighted by Gasteiger charge is -2.10. The van der Waals surface area contributed by atoms with Crippen LogP contribution in [0.4, 0.5) is 0 Å². The Morgan fingerprint density at radius 1 is 0.679 bits per heavy atom. The molecule has 5 rings (SSSR count). The molecule has 0 saturated heterocycles. The highest BCUT2D eigenvalue weighted by molar-refractivity contribution is 5.86. The standard InChI is InChI=1S/C26H20N2/c1-2-9-20(10-3-1)17-18-26-27-24-15-6-7-16-25(24)28(26)19-22-13-8-12-21-11-4-5-14-23(21)22/h1-18H,19H2/b18-17+. The molecule has 0 saturated carbocycles. The van der Waals surface area contributed by atoms with E-state index in [-0.39, 0.29) is 0 Å². The van der Waals surface area contributed by atoms with E-state index in [1.165, 1.54) is 21.9 Å². The van der Waals surface area contributed by atoms with E-state index in [4.69, 9.17) is 4.98 Å². The summed E-state index contributed by atoms with van der Waals surface area (Å²) in [6, 6.07) is 33.8. The molecule has 4 aromatic carbocycles. The fourth-order valence-corrected chi connectivity index (χ4v) is 3.72. The van der Waals surface area contributed by atoms with E-state index in [0.717, 1.165) is 23.4 Å². The van der Waals surface area contributed by atoms with E-state index in [9.17, 15) is 0 Å². The van der Waals surface area contributed by atoms with E-state index in [1.54, 1.807) is 0 Å². The van der Waals surface area contributed by atoms with Crippen LogP contribution in [0.1, 0.15) is 17.0 Å². The number of hydrogen-bond donors (Lipinski definition) is 0. The number of benzene rings is 4. The lowest BCUT2D eigenvalue weighted by Crippen LogP contribution is -2.02. The Morgan fingerprint density at radius 2 is 1.43 bits per heavy atom. The number of imidazole rings is 1.